The molecule has 0 aliphatic carbocycles. The summed E-state index contributed by atoms with van der Waals surface area (Å²) >= 11 is 0. The van der Waals surface area contributed by atoms with Gasteiger partial charge in [-0.3, -0.25) is 9.05 Å². The standard InChI is InChI=1S/C39H60F2N5O7P/c1-2-3-4-5-6-7-8-9-10-11-12-13-14-15-16-17-22-49-27-37(50-26-32-23-33(40)25-34(41)24-32)29-53-54(47,48)52-28-36(51-30-42)20-18-35-19-21-38-39(43)44-31-45-46(35)38/h19,21,23-25,31,36-37H,2-18,20,22,26-29H2,1H3,(H,47,48)(H2,43,44,45)/t36-,37+/m0/s1. The van der Waals surface area contributed by atoms with Gasteiger partial charge in [0.15, 0.2) is 5.82 Å². The molecule has 3 atom stereocenters. The van der Waals surface area contributed by atoms with Crippen LogP contribution in [0.2, 0.25) is 0 Å². The molecule has 0 radical (unpaired) electrons. The first-order chi connectivity index (χ1) is 26.2. The number of ether oxygens (including phenoxy) is 3. The highest BCUT2D eigenvalue weighted by molar-refractivity contribution is 7.47. The molecule has 0 spiro atoms. The van der Waals surface area contributed by atoms with Crippen molar-refractivity contribution in [2.45, 2.75) is 141 Å². The molecule has 3 aromatic rings. The van der Waals surface area contributed by atoms with Crippen molar-refractivity contribution < 1.29 is 41.5 Å². The van der Waals surface area contributed by atoms with E-state index in [-0.39, 0.29) is 25.2 Å². The van der Waals surface area contributed by atoms with E-state index < -0.39 is 44.9 Å². The van der Waals surface area contributed by atoms with Crippen molar-refractivity contribution >= 4 is 19.2 Å². The van der Waals surface area contributed by atoms with E-state index in [0.717, 1.165) is 43.2 Å². The highest BCUT2D eigenvalue weighted by Gasteiger charge is 2.27. The first-order valence-corrected chi connectivity index (χ1v) is 21.1. The highest BCUT2D eigenvalue weighted by atomic mass is 31.2. The molecule has 3 rings (SSSR count). The van der Waals surface area contributed by atoms with Gasteiger partial charge in [0, 0.05) is 18.4 Å². The van der Waals surface area contributed by atoms with Crippen LogP contribution in [-0.4, -0.2) is 58.1 Å². The van der Waals surface area contributed by atoms with Crippen LogP contribution in [0.3, 0.4) is 0 Å². The Morgan fingerprint density at radius 1 is 0.852 bits per heavy atom. The molecule has 302 valence electrons. The summed E-state index contributed by atoms with van der Waals surface area (Å²) in [6.07, 6.45) is 22.1. The maximum absolute atomic E-state index is 13.7. The monoisotopic (exact) mass is 779 g/mol. The van der Waals surface area contributed by atoms with Gasteiger partial charge in [-0.25, -0.2) is 22.8 Å². The summed E-state index contributed by atoms with van der Waals surface area (Å²) in [6.45, 7) is 1.75. The van der Waals surface area contributed by atoms with E-state index in [0.29, 0.717) is 24.4 Å². The van der Waals surface area contributed by atoms with Crippen molar-refractivity contribution in [3.8, 4) is 6.26 Å². The van der Waals surface area contributed by atoms with Gasteiger partial charge in [0.05, 0.1) is 26.4 Å². The Kier molecular flexibility index (Phi) is 22.3. The van der Waals surface area contributed by atoms with Crippen LogP contribution in [0.4, 0.5) is 14.6 Å². The van der Waals surface area contributed by atoms with Gasteiger partial charge in [0.1, 0.15) is 35.7 Å². The van der Waals surface area contributed by atoms with Crippen LogP contribution in [0.15, 0.2) is 36.7 Å². The minimum Gasteiger partial charge on any atom is -0.422 e. The van der Waals surface area contributed by atoms with Crippen molar-refractivity contribution in [1.82, 2.24) is 14.6 Å². The number of aromatic nitrogens is 3. The molecular formula is C39H60F2N5O7P. The van der Waals surface area contributed by atoms with Crippen LogP contribution in [0.1, 0.15) is 127 Å². The average molecular weight is 780 g/mol. The first kappa shape index (κ1) is 45.2. The summed E-state index contributed by atoms with van der Waals surface area (Å²) in [7, 11) is -4.63. The number of fused-ring (bicyclic) bond motifs is 1. The molecule has 12 nitrogen and oxygen atoms in total. The number of halogens is 2. The molecule has 0 bridgehead atoms. The Morgan fingerprint density at radius 3 is 2.02 bits per heavy atom. The summed E-state index contributed by atoms with van der Waals surface area (Å²) in [5, 5.41) is 13.3. The van der Waals surface area contributed by atoms with Crippen LogP contribution in [0, 0.1) is 23.2 Å². The number of nitrogen functional groups attached to an aromatic ring is 1. The zero-order valence-electron chi connectivity index (χ0n) is 31.8. The first-order valence-electron chi connectivity index (χ1n) is 19.6. The van der Waals surface area contributed by atoms with E-state index in [9.17, 15) is 18.2 Å². The largest absolute Gasteiger partial charge is 0.472 e. The zero-order valence-corrected chi connectivity index (χ0v) is 32.7. The third kappa shape index (κ3) is 18.9. The SMILES string of the molecule is CCCCCCCCCCCCCCCCCCOC[C@H](COP(=O)(O)OC[C@H](CCc1ccc2c(N)ncnn12)OC#N)OCc1cc(F)cc(F)c1. The molecule has 1 aromatic carbocycles. The Bertz CT molecular complexity index is 1540. The number of anilines is 1. The molecule has 0 fully saturated rings. The van der Waals surface area contributed by atoms with Gasteiger partial charge in [-0.1, -0.05) is 103 Å². The lowest BCUT2D eigenvalue weighted by Crippen LogP contribution is -2.26. The minimum absolute atomic E-state index is 0.0239. The van der Waals surface area contributed by atoms with Gasteiger partial charge in [0.2, 0.25) is 0 Å². The predicted octanol–water partition coefficient (Wildman–Crippen LogP) is 9.39. The van der Waals surface area contributed by atoms with Crippen molar-refractivity contribution in [1.29, 1.82) is 5.26 Å². The summed E-state index contributed by atoms with van der Waals surface area (Å²) in [5.41, 5.74) is 7.54. The maximum Gasteiger partial charge on any atom is 0.472 e. The van der Waals surface area contributed by atoms with Gasteiger partial charge < -0.3 is 24.8 Å². The fourth-order valence-electron chi connectivity index (χ4n) is 6.17. The summed E-state index contributed by atoms with van der Waals surface area (Å²) in [4.78, 5) is 14.4. The summed E-state index contributed by atoms with van der Waals surface area (Å²) in [6, 6.07) is 6.63. The molecule has 15 heteroatoms. The third-order valence-corrected chi connectivity index (χ3v) is 10.2. The van der Waals surface area contributed by atoms with E-state index >= 15 is 0 Å². The fraction of sp³-hybridized carbons (Fsp3) is 0.667. The minimum atomic E-state index is -4.63. The molecule has 0 saturated carbocycles. The van der Waals surface area contributed by atoms with Crippen LogP contribution in [-0.2, 0) is 40.9 Å². The van der Waals surface area contributed by atoms with Crippen molar-refractivity contribution in [3.63, 3.8) is 0 Å². The zero-order chi connectivity index (χ0) is 38.9. The van der Waals surface area contributed by atoms with E-state index in [1.54, 1.807) is 16.8 Å². The molecule has 2 heterocycles. The van der Waals surface area contributed by atoms with Crippen LogP contribution in [0.5, 0.6) is 0 Å². The lowest BCUT2D eigenvalue weighted by atomic mass is 10.0. The number of hydrogen-bond acceptors (Lipinski definition) is 10. The second-order valence-corrected chi connectivity index (χ2v) is 15.2. The lowest BCUT2D eigenvalue weighted by Gasteiger charge is -2.21. The Labute approximate surface area is 319 Å². The maximum atomic E-state index is 13.7. The van der Waals surface area contributed by atoms with E-state index in [1.165, 1.54) is 89.8 Å². The van der Waals surface area contributed by atoms with Crippen LogP contribution < -0.4 is 5.73 Å². The number of phosphoric acid groups is 1. The normalized spacial score (nSPS) is 13.8. The Balaban J connectivity index is 1.35. The number of unbranched alkanes of at least 4 members (excludes halogenated alkanes) is 15. The highest BCUT2D eigenvalue weighted by Crippen LogP contribution is 2.43. The molecule has 0 amide bonds. The lowest BCUT2D eigenvalue weighted by molar-refractivity contribution is -0.0518. The molecule has 0 aliphatic heterocycles. The van der Waals surface area contributed by atoms with Crippen molar-refractivity contribution in [2.24, 2.45) is 0 Å². The number of nitrogens with zero attached hydrogens (tertiary/aromatic N) is 4. The third-order valence-electron chi connectivity index (χ3n) is 9.20. The molecule has 2 aromatic heterocycles. The fourth-order valence-corrected chi connectivity index (χ4v) is 6.95. The number of nitrogens with two attached hydrogens (primary N) is 1. The van der Waals surface area contributed by atoms with Crippen molar-refractivity contribution in [2.75, 3.05) is 32.2 Å². The molecule has 54 heavy (non-hydrogen) atoms. The second kappa shape index (κ2) is 26.6. The molecule has 0 aliphatic rings. The van der Waals surface area contributed by atoms with Gasteiger partial charge in [-0.2, -0.15) is 10.4 Å². The number of rotatable bonds is 32. The number of aryl methyl sites for hydroxylation is 1. The molecule has 3 N–H and O–H groups in total. The number of nitriles is 1. The smallest absolute Gasteiger partial charge is 0.422 e. The van der Waals surface area contributed by atoms with Gasteiger partial charge in [-0.15, -0.1) is 0 Å². The van der Waals surface area contributed by atoms with E-state index in [2.05, 4.69) is 17.0 Å². The summed E-state index contributed by atoms with van der Waals surface area (Å²) in [5.74, 6) is -1.17. The summed E-state index contributed by atoms with van der Waals surface area (Å²) < 4.78 is 69.0. The Hall–Kier alpha value is -3.18. The van der Waals surface area contributed by atoms with Crippen LogP contribution >= 0.6 is 7.82 Å². The molecule has 0 saturated heterocycles. The quantitative estimate of drug-likeness (QED) is 0.0353. The number of hydrogen-bond donors (Lipinski definition) is 2. The molecule has 1 unspecified atom stereocenters. The van der Waals surface area contributed by atoms with Crippen molar-refractivity contribution in [3.05, 3.63) is 59.6 Å². The molecular weight excluding hydrogens is 719 g/mol. The topological polar surface area (TPSA) is 163 Å². The van der Waals surface area contributed by atoms with Gasteiger partial charge in [-0.05, 0) is 49.1 Å². The average Bonchev–Trinajstić information content (AvgIpc) is 3.57. The Morgan fingerprint density at radius 2 is 1.43 bits per heavy atom. The van der Waals surface area contributed by atoms with E-state index in [1.807, 2.05) is 6.07 Å². The van der Waals surface area contributed by atoms with Gasteiger partial charge >= 0.3 is 7.82 Å². The second-order valence-electron chi connectivity index (χ2n) is 13.8. The van der Waals surface area contributed by atoms with E-state index in [4.69, 9.17) is 34.3 Å². The number of benzene rings is 1. The van der Waals surface area contributed by atoms with Gasteiger partial charge in [0.25, 0.3) is 6.26 Å². The number of phosphoric ester groups is 1. The predicted molar refractivity (Wildman–Crippen MR) is 203 cm³/mol. The van der Waals surface area contributed by atoms with Crippen LogP contribution in [0.25, 0.3) is 5.52 Å².